The maximum absolute atomic E-state index is 3.42. The summed E-state index contributed by atoms with van der Waals surface area (Å²) < 4.78 is 0. The minimum Gasteiger partial charge on any atom is -0.316 e. The van der Waals surface area contributed by atoms with Gasteiger partial charge in [-0.2, -0.15) is 0 Å². The van der Waals surface area contributed by atoms with Crippen molar-refractivity contribution < 1.29 is 0 Å². The molecule has 0 amide bonds. The number of aryl methyl sites for hydroxylation is 1. The quantitative estimate of drug-likeness (QED) is 0.766. The van der Waals surface area contributed by atoms with E-state index < -0.39 is 0 Å². The number of thiophene rings is 1. The van der Waals surface area contributed by atoms with Gasteiger partial charge in [-0.05, 0) is 31.0 Å². The lowest BCUT2D eigenvalue weighted by molar-refractivity contribution is 0.270. The van der Waals surface area contributed by atoms with E-state index in [1.54, 1.807) is 0 Å². The molecule has 0 aromatic carbocycles. The molecule has 1 aromatic heterocycles. The van der Waals surface area contributed by atoms with Crippen LogP contribution in [0.4, 0.5) is 0 Å². The van der Waals surface area contributed by atoms with E-state index in [0.29, 0.717) is 6.04 Å². The van der Waals surface area contributed by atoms with E-state index in [1.165, 1.54) is 10.4 Å². The summed E-state index contributed by atoms with van der Waals surface area (Å²) in [6.45, 7) is 4.51. The van der Waals surface area contributed by atoms with E-state index in [9.17, 15) is 0 Å². The first-order valence-corrected chi connectivity index (χ1v) is 5.63. The van der Waals surface area contributed by atoms with Crippen LogP contribution in [0.3, 0.4) is 0 Å². The van der Waals surface area contributed by atoms with Crippen molar-refractivity contribution >= 4 is 11.3 Å². The minimum absolute atomic E-state index is 0.557. The summed E-state index contributed by atoms with van der Waals surface area (Å²) in [7, 11) is 2.06. The maximum atomic E-state index is 3.42. The number of hydrogen-bond donors (Lipinski definition) is 2. The van der Waals surface area contributed by atoms with E-state index in [2.05, 4.69) is 36.1 Å². The first kappa shape index (κ1) is 9.19. The fraction of sp³-hybridized carbons (Fsp3) is 0.600. The molecule has 1 fully saturated rings. The molecule has 0 aliphatic carbocycles. The highest BCUT2D eigenvalue weighted by Crippen LogP contribution is 2.30. The lowest BCUT2D eigenvalue weighted by Crippen LogP contribution is -2.48. The molecule has 3 heteroatoms. The molecule has 0 spiro atoms. The van der Waals surface area contributed by atoms with Gasteiger partial charge in [0.05, 0.1) is 0 Å². The molecule has 2 rings (SSSR count). The Morgan fingerprint density at radius 2 is 2.38 bits per heavy atom. The Morgan fingerprint density at radius 3 is 2.77 bits per heavy atom. The highest BCUT2D eigenvalue weighted by atomic mass is 32.1. The predicted molar refractivity (Wildman–Crippen MR) is 57.2 cm³/mol. The van der Waals surface area contributed by atoms with Gasteiger partial charge >= 0.3 is 0 Å². The van der Waals surface area contributed by atoms with Crippen LogP contribution in [0, 0.1) is 12.8 Å². The van der Waals surface area contributed by atoms with Gasteiger partial charge in [0, 0.05) is 29.9 Å². The van der Waals surface area contributed by atoms with Crippen molar-refractivity contribution in [3.63, 3.8) is 0 Å². The molecular weight excluding hydrogens is 180 g/mol. The molecule has 13 heavy (non-hydrogen) atoms. The van der Waals surface area contributed by atoms with Crippen molar-refractivity contribution in [1.82, 2.24) is 10.6 Å². The van der Waals surface area contributed by atoms with Gasteiger partial charge in [-0.1, -0.05) is 0 Å². The molecule has 1 aliphatic heterocycles. The Morgan fingerprint density at radius 1 is 1.62 bits per heavy atom. The summed E-state index contributed by atoms with van der Waals surface area (Å²) in [5.41, 5.74) is 1.43. The molecule has 2 heterocycles. The van der Waals surface area contributed by atoms with Gasteiger partial charge in [0.2, 0.25) is 0 Å². The van der Waals surface area contributed by atoms with Gasteiger partial charge in [0.15, 0.2) is 0 Å². The zero-order valence-corrected chi connectivity index (χ0v) is 8.95. The zero-order valence-electron chi connectivity index (χ0n) is 8.13. The molecule has 1 unspecified atom stereocenters. The SMILES string of the molecule is CNC(c1sccc1C)C1CNC1. The van der Waals surface area contributed by atoms with Crippen LogP contribution < -0.4 is 10.6 Å². The first-order chi connectivity index (χ1) is 6.33. The molecule has 2 N–H and O–H groups in total. The predicted octanol–water partition coefficient (Wildman–Crippen LogP) is 1.54. The molecule has 0 radical (unpaired) electrons. The maximum Gasteiger partial charge on any atom is 0.0468 e. The summed E-state index contributed by atoms with van der Waals surface area (Å²) in [5, 5.41) is 8.92. The second-order valence-corrected chi connectivity index (χ2v) is 4.60. The smallest absolute Gasteiger partial charge is 0.0468 e. The topological polar surface area (TPSA) is 24.1 Å². The number of nitrogens with one attached hydrogen (secondary N) is 2. The molecule has 1 aliphatic rings. The van der Waals surface area contributed by atoms with Crippen LogP contribution in [0.5, 0.6) is 0 Å². The van der Waals surface area contributed by atoms with Gasteiger partial charge in [0.1, 0.15) is 0 Å². The van der Waals surface area contributed by atoms with Gasteiger partial charge in [-0.3, -0.25) is 0 Å². The molecule has 0 saturated carbocycles. The molecule has 1 aromatic rings. The summed E-state index contributed by atoms with van der Waals surface area (Å²) in [4.78, 5) is 1.51. The molecule has 0 bridgehead atoms. The summed E-state index contributed by atoms with van der Waals surface area (Å²) in [5.74, 6) is 0.780. The van der Waals surface area contributed by atoms with Gasteiger partial charge in [-0.25, -0.2) is 0 Å². The molecule has 1 atom stereocenters. The second-order valence-electron chi connectivity index (χ2n) is 3.65. The number of rotatable bonds is 3. The molecular formula is C10H16N2S. The zero-order chi connectivity index (χ0) is 9.26. The van der Waals surface area contributed by atoms with Crippen LogP contribution >= 0.6 is 11.3 Å². The Bertz CT molecular complexity index is 278. The Labute approximate surface area is 83.4 Å². The fourth-order valence-electron chi connectivity index (χ4n) is 1.83. The summed E-state index contributed by atoms with van der Waals surface area (Å²) in [6, 6.07) is 2.76. The van der Waals surface area contributed by atoms with E-state index in [1.807, 2.05) is 11.3 Å². The van der Waals surface area contributed by atoms with Crippen LogP contribution in [-0.2, 0) is 0 Å². The van der Waals surface area contributed by atoms with E-state index in [0.717, 1.165) is 19.0 Å². The fourth-order valence-corrected chi connectivity index (χ4v) is 2.96. The van der Waals surface area contributed by atoms with Crippen LogP contribution in [-0.4, -0.2) is 20.1 Å². The van der Waals surface area contributed by atoms with Crippen molar-refractivity contribution in [2.75, 3.05) is 20.1 Å². The third-order valence-electron chi connectivity index (χ3n) is 2.78. The average molecular weight is 196 g/mol. The standard InChI is InChI=1S/C10H16N2S/c1-7-3-4-13-10(7)9(11-2)8-5-12-6-8/h3-4,8-9,11-12H,5-6H2,1-2H3. The van der Waals surface area contributed by atoms with Crippen molar-refractivity contribution in [1.29, 1.82) is 0 Å². The lowest BCUT2D eigenvalue weighted by Gasteiger charge is -2.34. The van der Waals surface area contributed by atoms with E-state index in [4.69, 9.17) is 0 Å². The lowest BCUT2D eigenvalue weighted by atomic mass is 9.91. The van der Waals surface area contributed by atoms with Gasteiger partial charge in [-0.15, -0.1) is 11.3 Å². The summed E-state index contributed by atoms with van der Waals surface area (Å²) in [6.07, 6.45) is 0. The first-order valence-electron chi connectivity index (χ1n) is 4.75. The molecule has 1 saturated heterocycles. The van der Waals surface area contributed by atoms with Crippen LogP contribution in [0.1, 0.15) is 16.5 Å². The monoisotopic (exact) mass is 196 g/mol. The van der Waals surface area contributed by atoms with Crippen molar-refractivity contribution in [2.24, 2.45) is 5.92 Å². The van der Waals surface area contributed by atoms with Gasteiger partial charge in [0.25, 0.3) is 0 Å². The van der Waals surface area contributed by atoms with Gasteiger partial charge < -0.3 is 10.6 Å². The normalized spacial score (nSPS) is 19.8. The van der Waals surface area contributed by atoms with Crippen molar-refractivity contribution in [2.45, 2.75) is 13.0 Å². The second kappa shape index (κ2) is 3.78. The highest BCUT2D eigenvalue weighted by molar-refractivity contribution is 7.10. The molecule has 72 valence electrons. The largest absolute Gasteiger partial charge is 0.316 e. The third-order valence-corrected chi connectivity index (χ3v) is 3.88. The van der Waals surface area contributed by atoms with Crippen molar-refractivity contribution in [3.05, 3.63) is 21.9 Å². The third kappa shape index (κ3) is 1.64. The Hall–Kier alpha value is -0.380. The van der Waals surface area contributed by atoms with Crippen LogP contribution in [0.25, 0.3) is 0 Å². The van der Waals surface area contributed by atoms with Crippen LogP contribution in [0.15, 0.2) is 11.4 Å². The van der Waals surface area contributed by atoms with E-state index >= 15 is 0 Å². The summed E-state index contributed by atoms with van der Waals surface area (Å²) >= 11 is 1.87. The van der Waals surface area contributed by atoms with Crippen molar-refractivity contribution in [3.8, 4) is 0 Å². The Kier molecular flexibility index (Phi) is 2.67. The van der Waals surface area contributed by atoms with Crippen LogP contribution in [0.2, 0.25) is 0 Å². The average Bonchev–Trinajstić information content (AvgIpc) is 2.43. The molecule has 2 nitrogen and oxygen atoms in total. The Balaban J connectivity index is 2.16. The number of hydrogen-bond acceptors (Lipinski definition) is 3. The van der Waals surface area contributed by atoms with E-state index in [-0.39, 0.29) is 0 Å². The minimum atomic E-state index is 0.557. The highest BCUT2D eigenvalue weighted by Gasteiger charge is 2.28.